The van der Waals surface area contributed by atoms with Gasteiger partial charge < -0.3 is 51.9 Å². The number of hydrogen-bond donors (Lipinski definition) is 2. The Morgan fingerprint density at radius 2 is 0.615 bits per heavy atom. The standard InChI is InChI=1S/C26H32N2O2.C25H30N2O3.C19H20N2.C18H17BrN2.C18H18N2O.C18H18N2/c1-19-11-13-23(14-12-19)26-27-17-21(3)28(26)18-24-9-5-6-10-25(24)30-15-7-8-20(2)16-22(4)29;1-18-10-12-21(13-11-18)25-26-16-20(3)27(25)17-22-8-4-5-9-23(22)30-14-6-7-19(2)15-24(28)29;1-14-8-10-17(11-9-14)19-20-12-16(3)21(19)13-18-7-5-4-6-15(18)2;1-13-7-9-15(10-8-13)18-20-11-17(19)21(18)12-16-6-4-3-5-14(16)2;1-13-7-9-15(10-8-13)18-19-11-14(2)20(18)12-16-5-3-4-6-17(16)21;1-14-7-9-16(10-8-14)18-19-11-12-20(18)13-17-6-4-3-5-15(17)2/h5-6,9-14,17,20H,7-8,15-16,18H2,1-4H3;4-5,8-13,16,19H,6-7,14-15,17H2,1-3H3,(H,28,29);4-12H,13H2,1-3H3;3-11H,12H2,1-2H3;3-11,21H,12H2,1-2H3;3-12H,13H2,1-2H3/t20-;19-;;;;/m11..../s1/i3*3D3;;2D3;. The molecule has 2 N–H and O–H groups in total. The molecule has 0 amide bonds. The van der Waals surface area contributed by atoms with Crippen LogP contribution in [0.5, 0.6) is 17.2 Å². The van der Waals surface area contributed by atoms with E-state index in [9.17, 15) is 14.7 Å². The molecule has 18 rings (SSSR count). The van der Waals surface area contributed by atoms with Crippen LogP contribution in [0.4, 0.5) is 0 Å². The van der Waals surface area contributed by atoms with Crippen LogP contribution in [-0.4, -0.2) is 92.5 Å². The zero-order valence-corrected chi connectivity index (χ0v) is 85.2. The fourth-order valence-electron chi connectivity index (χ4n) is 16.5. The predicted octanol–water partition coefficient (Wildman–Crippen LogP) is 29.1. The van der Waals surface area contributed by atoms with Gasteiger partial charge in [0.1, 0.15) is 62.6 Å². The van der Waals surface area contributed by atoms with Crippen molar-refractivity contribution in [2.45, 2.75) is 188 Å². The molecule has 143 heavy (non-hydrogen) atoms. The number of benzene rings is 12. The third-order valence-electron chi connectivity index (χ3n) is 24.9. The number of Topliss-reactive ketones (excluding diaryl/α,β-unsaturated/α-hetero) is 1. The average molecular weight is 1980 g/mol. The molecule has 2 atom stereocenters. The zero-order valence-electron chi connectivity index (χ0n) is 95.6. The zero-order chi connectivity index (χ0) is 111. The molecule has 18 nitrogen and oxygen atoms in total. The van der Waals surface area contributed by atoms with Gasteiger partial charge in [-0.25, -0.2) is 29.9 Å². The van der Waals surface area contributed by atoms with E-state index in [1.54, 1.807) is 43.4 Å². The Balaban J connectivity index is 0.000000156. The Hall–Kier alpha value is -15.1. The number of aliphatic carboxylic acids is 1. The molecule has 0 unspecified atom stereocenters. The van der Waals surface area contributed by atoms with E-state index < -0.39 is 33.4 Å². The van der Waals surface area contributed by atoms with E-state index in [4.69, 9.17) is 31.0 Å². The molecule has 0 spiro atoms. The van der Waals surface area contributed by atoms with Gasteiger partial charge >= 0.3 is 5.97 Å². The van der Waals surface area contributed by atoms with Gasteiger partial charge in [-0.05, 0) is 202 Å². The molecule has 12 aromatic carbocycles. The van der Waals surface area contributed by atoms with Crippen molar-refractivity contribution in [3.8, 4) is 85.6 Å². The van der Waals surface area contributed by atoms with E-state index in [1.807, 2.05) is 236 Å². The van der Waals surface area contributed by atoms with Gasteiger partial charge in [0.25, 0.3) is 0 Å². The highest BCUT2D eigenvalue weighted by molar-refractivity contribution is 9.10. The van der Waals surface area contributed by atoms with Crippen molar-refractivity contribution >= 4 is 27.7 Å². The van der Waals surface area contributed by atoms with Crippen molar-refractivity contribution in [1.82, 2.24) is 57.3 Å². The number of para-hydroxylation sites is 3. The number of phenols is 1. The number of aryl methyl sites for hydroxylation is 13. The summed E-state index contributed by atoms with van der Waals surface area (Å²) in [5.41, 5.74) is 23.5. The first-order valence-electron chi connectivity index (χ1n) is 54.3. The van der Waals surface area contributed by atoms with Crippen LogP contribution in [0, 0.1) is 102 Å². The fraction of sp³-hybridized carbons (Fsp3) is 0.258. The number of rotatable bonds is 32. The Labute approximate surface area is 870 Å². The van der Waals surface area contributed by atoms with Crippen LogP contribution < -0.4 is 9.47 Å². The molecular weight excluding hydrogens is 1830 g/mol. The van der Waals surface area contributed by atoms with Crippen molar-refractivity contribution in [3.63, 3.8) is 0 Å². The number of hydrogen-bond acceptors (Lipinski definition) is 11. The quantitative estimate of drug-likeness (QED) is 0.0379. The van der Waals surface area contributed by atoms with Gasteiger partial charge in [0.15, 0.2) is 0 Å². The maximum atomic E-state index is 11.3. The van der Waals surface area contributed by atoms with Gasteiger partial charge in [0, 0.05) is 152 Å². The average Bonchev–Trinajstić information content (AvgIpc) is 1.67. The van der Waals surface area contributed by atoms with Crippen LogP contribution in [0.25, 0.3) is 68.3 Å². The molecule has 19 heteroatoms. The summed E-state index contributed by atoms with van der Waals surface area (Å²) in [5.74, 6) is 5.89. The third kappa shape index (κ3) is 30.2. The number of carbonyl (C=O) groups excluding carboxylic acids is 1. The Morgan fingerprint density at radius 1 is 0.336 bits per heavy atom. The van der Waals surface area contributed by atoms with Gasteiger partial charge in [-0.3, -0.25) is 4.79 Å². The monoisotopic (exact) mass is 1980 g/mol. The Bertz CT molecular complexity index is 7320. The number of ketones is 1. The minimum atomic E-state index is -2.30. The molecule has 0 aliphatic rings. The molecular formula is C124H135BrN12O6. The first-order chi connectivity index (χ1) is 73.9. The second kappa shape index (κ2) is 51.9. The van der Waals surface area contributed by atoms with Gasteiger partial charge in [-0.2, -0.15) is 0 Å². The number of aromatic hydroxyl groups is 1. The van der Waals surface area contributed by atoms with Crippen LogP contribution in [0.2, 0.25) is 0 Å². The lowest BCUT2D eigenvalue weighted by molar-refractivity contribution is -0.138. The first kappa shape index (κ1) is 89.3. The number of imidazole rings is 6. The molecule has 0 saturated heterocycles. The summed E-state index contributed by atoms with van der Waals surface area (Å²) < 4.78 is 119. The highest BCUT2D eigenvalue weighted by atomic mass is 79.9. The molecule has 0 bridgehead atoms. The first-order valence-corrected chi connectivity index (χ1v) is 49.1. The molecule has 0 radical (unpaired) electrons. The summed E-state index contributed by atoms with van der Waals surface area (Å²) >= 11 is 3.61. The molecule has 0 aliphatic heterocycles. The number of halogens is 1. The molecule has 734 valence electrons. The number of ether oxygens (including phenoxy) is 2. The summed E-state index contributed by atoms with van der Waals surface area (Å²) in [7, 11) is 0. The van der Waals surface area contributed by atoms with Crippen LogP contribution in [0.1, 0.15) is 182 Å². The Morgan fingerprint density at radius 3 is 0.951 bits per heavy atom. The lowest BCUT2D eigenvalue weighted by Crippen LogP contribution is -2.09. The third-order valence-corrected chi connectivity index (χ3v) is 25.5. The summed E-state index contributed by atoms with van der Waals surface area (Å²) in [5, 5.41) is 18.9. The predicted molar refractivity (Wildman–Crippen MR) is 586 cm³/mol. The molecule has 6 aromatic heterocycles. The van der Waals surface area contributed by atoms with Crippen LogP contribution in [-0.2, 0) is 48.9 Å². The lowest BCUT2D eigenvalue weighted by Gasteiger charge is -2.15. The van der Waals surface area contributed by atoms with Crippen LogP contribution >= 0.6 is 15.9 Å². The maximum absolute atomic E-state index is 11.3. The highest BCUT2D eigenvalue weighted by Crippen LogP contribution is 2.33. The molecule has 0 aliphatic carbocycles. The normalized spacial score (nSPS) is 12.9. The summed E-state index contributed by atoms with van der Waals surface area (Å²) in [6.07, 6.45) is 15.5. The van der Waals surface area contributed by atoms with Gasteiger partial charge in [-0.1, -0.05) is 320 Å². The SMILES string of the molecule is Cc1ccc(-c2ncc(Br)n2Cc2ccccc2C)cc1.Cc1ccc(-c2nccn2Cc2ccccc2C)cc1.[2H]C([2H])([2H])c1cnc(-c2ccc(C)cc2)n1Cc1ccccc1C.[2H]C([2H])([2H])c1cnc(-c2ccc(C)cc2)n1Cc1ccccc1O.[2H]C([2H])([2H])c1cnc(-c2ccc(C)cc2)n1Cc1ccccc1OCCC[C@@H](C)CC(=O)O.[2H]C([2H])([2H])c1cnc(-c2ccc(C)cc2)n1Cc1ccccc1OCCC[C@@H](C)CC(C)=O. The number of carboxylic acid groups (broad SMARTS) is 1. The van der Waals surface area contributed by atoms with E-state index in [-0.39, 0.29) is 53.2 Å². The van der Waals surface area contributed by atoms with E-state index in [2.05, 4.69) is 187 Å². The van der Waals surface area contributed by atoms with E-state index in [0.717, 1.165) is 139 Å². The smallest absolute Gasteiger partial charge is 0.303 e. The van der Waals surface area contributed by atoms with Crippen molar-refractivity contribution in [1.29, 1.82) is 0 Å². The highest BCUT2D eigenvalue weighted by Gasteiger charge is 2.21. The summed E-state index contributed by atoms with van der Waals surface area (Å²) in [6.45, 7) is 19.2. The van der Waals surface area contributed by atoms with Crippen molar-refractivity contribution < 1.29 is 45.7 Å². The van der Waals surface area contributed by atoms with Gasteiger partial charge in [0.05, 0.1) is 45.6 Å². The fourth-order valence-corrected chi connectivity index (χ4v) is 16.9. The summed E-state index contributed by atoms with van der Waals surface area (Å²) in [4.78, 5) is 48.8. The molecule has 18 aromatic rings. The van der Waals surface area contributed by atoms with Crippen LogP contribution in [0.15, 0.2) is 339 Å². The largest absolute Gasteiger partial charge is 0.508 e. The van der Waals surface area contributed by atoms with E-state index in [1.165, 1.54) is 58.2 Å². The molecule has 6 heterocycles. The van der Waals surface area contributed by atoms with Crippen molar-refractivity contribution in [2.75, 3.05) is 13.2 Å². The van der Waals surface area contributed by atoms with Gasteiger partial charge in [-0.15, -0.1) is 0 Å². The molecule has 0 fully saturated rings. The van der Waals surface area contributed by atoms with Crippen molar-refractivity contribution in [2.24, 2.45) is 11.8 Å². The second-order valence-electron chi connectivity index (χ2n) is 36.6. The van der Waals surface area contributed by atoms with E-state index >= 15 is 0 Å². The number of carboxylic acids is 1. The number of carbonyl (C=O) groups is 2. The van der Waals surface area contributed by atoms with Crippen LogP contribution in [0.3, 0.4) is 0 Å². The number of aromatic nitrogens is 12. The van der Waals surface area contributed by atoms with Gasteiger partial charge in [0.2, 0.25) is 0 Å². The lowest BCUT2D eigenvalue weighted by atomic mass is 10.00. The second-order valence-corrected chi connectivity index (χ2v) is 37.4. The summed E-state index contributed by atoms with van der Waals surface area (Å²) in [6, 6.07) is 95.7. The minimum absolute atomic E-state index is 0.0891. The van der Waals surface area contributed by atoms with Crippen molar-refractivity contribution in [3.05, 3.63) is 445 Å². The van der Waals surface area contributed by atoms with E-state index in [0.29, 0.717) is 79.8 Å². The number of nitrogens with zero attached hydrogens (tertiary/aromatic N) is 12. The molecule has 0 saturated carbocycles. The topological polar surface area (TPSA) is 200 Å². The maximum Gasteiger partial charge on any atom is 0.303 e. The Kier molecular flexibility index (Phi) is 32.4. The minimum Gasteiger partial charge on any atom is -0.508 e. The number of phenolic OH excluding ortho intramolecular Hbond substituents is 1.